The molecule has 0 saturated carbocycles. The van der Waals surface area contributed by atoms with E-state index in [2.05, 4.69) is 20.9 Å². The molecule has 10 heteroatoms. The van der Waals surface area contributed by atoms with E-state index in [-0.39, 0.29) is 30.2 Å². The first-order valence-corrected chi connectivity index (χ1v) is 9.64. The van der Waals surface area contributed by atoms with Gasteiger partial charge in [0.25, 0.3) is 5.91 Å². The molecule has 1 amide bonds. The molecule has 2 rings (SSSR count). The second-order valence-corrected chi connectivity index (χ2v) is 8.16. The molecule has 136 valence electrons. The molecule has 0 aliphatic heterocycles. The van der Waals surface area contributed by atoms with Crippen LogP contribution in [0.3, 0.4) is 0 Å². The van der Waals surface area contributed by atoms with Crippen LogP contribution >= 0.6 is 15.9 Å². The molecule has 0 aliphatic rings. The fourth-order valence-corrected chi connectivity index (χ4v) is 4.20. The van der Waals surface area contributed by atoms with Crippen LogP contribution in [0, 0.1) is 0 Å². The summed E-state index contributed by atoms with van der Waals surface area (Å²) in [5, 5.41) is 0.339. The van der Waals surface area contributed by atoms with Crippen molar-refractivity contribution in [3.8, 4) is 0 Å². The maximum Gasteiger partial charge on any atom is 0.307 e. The van der Waals surface area contributed by atoms with Gasteiger partial charge in [-0.15, -0.1) is 0 Å². The Hall–Kier alpha value is -1.91. The number of nitrogens with two attached hydrogens (primary N) is 1. The Balaban J connectivity index is 2.47. The van der Waals surface area contributed by atoms with Crippen molar-refractivity contribution in [1.29, 1.82) is 0 Å². The summed E-state index contributed by atoms with van der Waals surface area (Å²) >= 11 is 3.28. The third-order valence-corrected chi connectivity index (χ3v) is 6.00. The molecule has 0 spiro atoms. The maximum absolute atomic E-state index is 12.9. The molecule has 25 heavy (non-hydrogen) atoms. The lowest BCUT2D eigenvalue weighted by atomic mass is 10.2. The second kappa shape index (κ2) is 7.54. The van der Waals surface area contributed by atoms with Gasteiger partial charge in [0.2, 0.25) is 10.0 Å². The first-order chi connectivity index (χ1) is 11.7. The third kappa shape index (κ3) is 4.02. The Morgan fingerprint density at radius 1 is 1.36 bits per heavy atom. The van der Waals surface area contributed by atoms with Gasteiger partial charge < -0.3 is 15.5 Å². The van der Waals surface area contributed by atoms with Crippen LogP contribution < -0.4 is 5.73 Å². The number of carbonyl (C=O) groups is 2. The van der Waals surface area contributed by atoms with Crippen molar-refractivity contribution in [2.24, 2.45) is 5.73 Å². The fourth-order valence-electron chi connectivity index (χ4n) is 2.34. The van der Waals surface area contributed by atoms with Gasteiger partial charge in [-0.3, -0.25) is 9.59 Å². The normalized spacial score (nSPS) is 11.8. The first kappa shape index (κ1) is 19.4. The first-order valence-electron chi connectivity index (χ1n) is 7.41. The summed E-state index contributed by atoms with van der Waals surface area (Å²) in [5.41, 5.74) is 5.61. The monoisotopic (exact) mass is 431 g/mol. The maximum atomic E-state index is 12.9. The zero-order chi connectivity index (χ0) is 18.8. The predicted molar refractivity (Wildman–Crippen MR) is 95.6 cm³/mol. The molecule has 0 radical (unpaired) electrons. The molecule has 2 aromatic rings. The summed E-state index contributed by atoms with van der Waals surface area (Å²) in [6.45, 7) is 1.80. The van der Waals surface area contributed by atoms with Gasteiger partial charge in [0.1, 0.15) is 10.6 Å². The number of hydrogen-bond donors (Lipinski definition) is 2. The Morgan fingerprint density at radius 3 is 2.64 bits per heavy atom. The molecule has 8 nitrogen and oxygen atoms in total. The predicted octanol–water partition coefficient (Wildman–Crippen LogP) is 1.60. The summed E-state index contributed by atoms with van der Waals surface area (Å²) in [6, 6.07) is 4.94. The van der Waals surface area contributed by atoms with E-state index in [1.807, 2.05) is 0 Å². The van der Waals surface area contributed by atoms with E-state index in [0.29, 0.717) is 15.4 Å². The Morgan fingerprint density at radius 2 is 2.04 bits per heavy atom. The van der Waals surface area contributed by atoms with E-state index in [9.17, 15) is 18.0 Å². The minimum Gasteiger partial charge on any atom is -0.466 e. The molecule has 1 aromatic carbocycles. The highest BCUT2D eigenvalue weighted by Crippen LogP contribution is 2.31. The van der Waals surface area contributed by atoms with Crippen LogP contribution in [-0.2, 0) is 19.6 Å². The zero-order valence-electron chi connectivity index (χ0n) is 13.7. The molecule has 0 saturated heterocycles. The highest BCUT2D eigenvalue weighted by molar-refractivity contribution is 9.10. The molecule has 3 N–H and O–H groups in total. The SMILES string of the molecule is CCOC(=O)CCN(C)S(=O)(=O)c1c(C(N)=O)[nH]c2ccc(Br)cc12. The lowest BCUT2D eigenvalue weighted by Gasteiger charge is -2.17. The molecule has 0 unspecified atom stereocenters. The van der Waals surface area contributed by atoms with Crippen LogP contribution in [0.1, 0.15) is 23.8 Å². The number of esters is 1. The smallest absolute Gasteiger partial charge is 0.307 e. The number of H-pyrrole nitrogens is 1. The lowest BCUT2D eigenvalue weighted by Crippen LogP contribution is -2.31. The molecule has 0 aliphatic carbocycles. The highest BCUT2D eigenvalue weighted by Gasteiger charge is 2.30. The van der Waals surface area contributed by atoms with E-state index in [1.54, 1.807) is 25.1 Å². The summed E-state index contributed by atoms with van der Waals surface area (Å²) in [4.78, 5) is 25.7. The van der Waals surface area contributed by atoms with Crippen molar-refractivity contribution >= 4 is 48.7 Å². The third-order valence-electron chi connectivity index (χ3n) is 3.56. The van der Waals surface area contributed by atoms with Crippen LogP contribution in [0.2, 0.25) is 0 Å². The number of ether oxygens (including phenoxy) is 1. The standard InChI is InChI=1S/C15H18BrN3O5S/c1-3-24-12(20)6-7-19(2)25(22,23)14-10-8-9(16)4-5-11(10)18-13(14)15(17)21/h4-5,8,18H,3,6-7H2,1-2H3,(H2,17,21). The van der Waals surface area contributed by atoms with Crippen LogP contribution in [0.5, 0.6) is 0 Å². The minimum absolute atomic E-state index is 0.0833. The van der Waals surface area contributed by atoms with Gasteiger partial charge in [-0.05, 0) is 25.1 Å². The van der Waals surface area contributed by atoms with Gasteiger partial charge in [-0.1, -0.05) is 15.9 Å². The number of carbonyl (C=O) groups excluding carboxylic acids is 2. The molecular formula is C15H18BrN3O5S. The number of aromatic nitrogens is 1. The van der Waals surface area contributed by atoms with Gasteiger partial charge in [-0.2, -0.15) is 0 Å². The number of aromatic amines is 1. The molecular weight excluding hydrogens is 414 g/mol. The Kier molecular flexibility index (Phi) is 5.86. The second-order valence-electron chi connectivity index (χ2n) is 5.26. The van der Waals surface area contributed by atoms with E-state index >= 15 is 0 Å². The zero-order valence-corrected chi connectivity index (χ0v) is 16.1. The molecule has 0 atom stereocenters. The van der Waals surface area contributed by atoms with E-state index in [1.165, 1.54) is 7.05 Å². The molecule has 0 bridgehead atoms. The van der Waals surface area contributed by atoms with Crippen LogP contribution in [0.15, 0.2) is 27.6 Å². The number of sulfonamides is 1. The lowest BCUT2D eigenvalue weighted by molar-refractivity contribution is -0.143. The van der Waals surface area contributed by atoms with Crippen LogP contribution in [-0.4, -0.2) is 49.8 Å². The number of fused-ring (bicyclic) bond motifs is 1. The minimum atomic E-state index is -4.05. The van der Waals surface area contributed by atoms with Crippen molar-refractivity contribution < 1.29 is 22.7 Å². The van der Waals surface area contributed by atoms with Gasteiger partial charge in [0.05, 0.1) is 13.0 Å². The number of nitrogens with zero attached hydrogens (tertiary/aromatic N) is 1. The average molecular weight is 432 g/mol. The number of primary amides is 1. The molecule has 0 fully saturated rings. The van der Waals surface area contributed by atoms with E-state index in [4.69, 9.17) is 10.5 Å². The number of benzene rings is 1. The largest absolute Gasteiger partial charge is 0.466 e. The van der Waals surface area contributed by atoms with Crippen molar-refractivity contribution in [2.75, 3.05) is 20.2 Å². The topological polar surface area (TPSA) is 123 Å². The van der Waals surface area contributed by atoms with Crippen molar-refractivity contribution in [2.45, 2.75) is 18.2 Å². The van der Waals surface area contributed by atoms with Crippen molar-refractivity contribution in [3.05, 3.63) is 28.4 Å². The van der Waals surface area contributed by atoms with Gasteiger partial charge >= 0.3 is 5.97 Å². The number of rotatable bonds is 7. The summed E-state index contributed by atoms with van der Waals surface area (Å²) in [5.74, 6) is -1.38. The molecule has 1 aromatic heterocycles. The van der Waals surface area contributed by atoms with Crippen LogP contribution in [0.4, 0.5) is 0 Å². The summed E-state index contributed by atoms with van der Waals surface area (Å²) in [6.07, 6.45) is -0.0957. The number of halogens is 1. The van der Waals surface area contributed by atoms with Crippen molar-refractivity contribution in [3.63, 3.8) is 0 Å². The van der Waals surface area contributed by atoms with E-state index in [0.717, 1.165) is 4.31 Å². The Bertz CT molecular complexity index is 923. The molecule has 1 heterocycles. The number of hydrogen-bond acceptors (Lipinski definition) is 5. The highest BCUT2D eigenvalue weighted by atomic mass is 79.9. The number of amides is 1. The van der Waals surface area contributed by atoms with Gasteiger partial charge in [0, 0.05) is 29.0 Å². The van der Waals surface area contributed by atoms with Gasteiger partial charge in [-0.25, -0.2) is 12.7 Å². The van der Waals surface area contributed by atoms with Crippen LogP contribution in [0.25, 0.3) is 10.9 Å². The fraction of sp³-hybridized carbons (Fsp3) is 0.333. The van der Waals surface area contributed by atoms with Crippen molar-refractivity contribution in [1.82, 2.24) is 9.29 Å². The quantitative estimate of drug-likeness (QED) is 0.644. The summed E-state index contributed by atoms with van der Waals surface area (Å²) in [7, 11) is -2.72. The average Bonchev–Trinajstić information content (AvgIpc) is 2.92. The number of nitrogens with one attached hydrogen (secondary N) is 1. The van der Waals surface area contributed by atoms with E-state index < -0.39 is 21.9 Å². The summed E-state index contributed by atoms with van der Waals surface area (Å²) < 4.78 is 32.3. The Labute approximate surface area is 153 Å². The van der Waals surface area contributed by atoms with Gasteiger partial charge in [0.15, 0.2) is 0 Å².